The summed E-state index contributed by atoms with van der Waals surface area (Å²) < 4.78 is 135. The normalized spacial score (nSPS) is 16.0. The summed E-state index contributed by atoms with van der Waals surface area (Å²) in [4.78, 5) is 0. The molecule has 1 N–H and O–H groups in total. The Morgan fingerprint density at radius 3 is 1.34 bits per heavy atom. The summed E-state index contributed by atoms with van der Waals surface area (Å²) in [5, 5.41) is -5.17. The Morgan fingerprint density at radius 1 is 0.621 bits per heavy atom. The third-order valence-corrected chi connectivity index (χ3v) is 7.88. The maximum atomic E-state index is 14.3. The van der Waals surface area contributed by atoms with Gasteiger partial charge in [-0.25, -0.2) is 21.2 Å². The predicted molar refractivity (Wildman–Crippen MR) is 93.4 cm³/mol. The first-order valence-electron chi connectivity index (χ1n) is 9.12. The molecule has 1 unspecified atom stereocenters. The van der Waals surface area contributed by atoms with Crippen molar-refractivity contribution in [2.45, 2.75) is 94.2 Å². The van der Waals surface area contributed by atoms with Crippen LogP contribution in [0, 0.1) is 0 Å². The van der Waals surface area contributed by atoms with Crippen LogP contribution in [-0.2, 0) is 20.0 Å². The molecule has 0 rings (SSSR count). The Morgan fingerprint density at radius 2 is 1.00 bits per heavy atom. The second-order valence-electron chi connectivity index (χ2n) is 6.69. The first-order valence-corrected chi connectivity index (χ1v) is 12.1. The Balaban J connectivity index is 4.85. The van der Waals surface area contributed by atoms with E-state index in [9.17, 15) is 47.6 Å². The summed E-state index contributed by atoms with van der Waals surface area (Å²) in [7, 11) is -13.3. The summed E-state index contributed by atoms with van der Waals surface area (Å²) >= 11 is 0. The van der Waals surface area contributed by atoms with Crippen molar-refractivity contribution in [3.8, 4) is 0 Å². The predicted octanol–water partition coefficient (Wildman–Crippen LogP) is 5.29. The summed E-state index contributed by atoms with van der Waals surface area (Å²) in [6, 6.07) is 0. The Kier molecular flexibility index (Phi) is 10.9. The SMILES string of the molecule is CCCCCCCCCCCCC(F)(C(F)(F)F)S(=O)(=O)NS(=O)(=O)C(F)(F)F. The smallest absolute Gasteiger partial charge is 0.214 e. The average Bonchev–Trinajstić information content (AvgIpc) is 2.53. The van der Waals surface area contributed by atoms with Crippen LogP contribution in [-0.4, -0.2) is 33.5 Å². The van der Waals surface area contributed by atoms with Gasteiger partial charge in [0, 0.05) is 6.42 Å². The van der Waals surface area contributed by atoms with Crippen molar-refractivity contribution >= 4 is 20.0 Å². The van der Waals surface area contributed by atoms with Crippen molar-refractivity contribution < 1.29 is 47.6 Å². The molecule has 29 heavy (non-hydrogen) atoms. The van der Waals surface area contributed by atoms with E-state index in [0.717, 1.165) is 38.5 Å². The van der Waals surface area contributed by atoms with Gasteiger partial charge in [0.25, 0.3) is 10.0 Å². The van der Waals surface area contributed by atoms with Gasteiger partial charge in [-0.1, -0.05) is 68.8 Å². The lowest BCUT2D eigenvalue weighted by Crippen LogP contribution is -2.56. The van der Waals surface area contributed by atoms with Crippen LogP contribution in [0.3, 0.4) is 0 Å². The molecule has 176 valence electrons. The van der Waals surface area contributed by atoms with Crippen molar-refractivity contribution in [1.82, 2.24) is 4.13 Å². The van der Waals surface area contributed by atoms with E-state index in [1.165, 1.54) is 0 Å². The number of unbranched alkanes of at least 4 members (excludes halogenated alkanes) is 9. The zero-order valence-electron chi connectivity index (χ0n) is 15.9. The highest BCUT2D eigenvalue weighted by molar-refractivity contribution is 8.05. The van der Waals surface area contributed by atoms with Crippen LogP contribution in [0.5, 0.6) is 0 Å². The van der Waals surface area contributed by atoms with Crippen molar-refractivity contribution in [3.05, 3.63) is 0 Å². The molecule has 14 heteroatoms. The van der Waals surface area contributed by atoms with Gasteiger partial charge in [-0.2, -0.15) is 26.3 Å². The van der Waals surface area contributed by atoms with Gasteiger partial charge in [-0.15, -0.1) is 0 Å². The molecule has 0 aliphatic rings. The van der Waals surface area contributed by atoms with Crippen LogP contribution in [0.1, 0.15) is 77.6 Å². The minimum Gasteiger partial charge on any atom is -0.214 e. The minimum absolute atomic E-state index is 0.0122. The molecule has 0 spiro atoms. The molecule has 0 aliphatic carbocycles. The van der Waals surface area contributed by atoms with Gasteiger partial charge in [0.2, 0.25) is 0 Å². The topological polar surface area (TPSA) is 80.3 Å². The van der Waals surface area contributed by atoms with E-state index in [1.807, 2.05) is 0 Å². The van der Waals surface area contributed by atoms with Crippen LogP contribution in [0.4, 0.5) is 30.7 Å². The van der Waals surface area contributed by atoms with Crippen LogP contribution in [0.25, 0.3) is 0 Å². The van der Waals surface area contributed by atoms with E-state index in [4.69, 9.17) is 0 Å². The van der Waals surface area contributed by atoms with E-state index in [2.05, 4.69) is 6.92 Å². The van der Waals surface area contributed by atoms with E-state index in [1.54, 1.807) is 0 Å². The number of rotatable bonds is 14. The van der Waals surface area contributed by atoms with Gasteiger partial charge in [-0.05, 0) is 6.42 Å². The number of hydrogen-bond donors (Lipinski definition) is 1. The fourth-order valence-electron chi connectivity index (χ4n) is 2.53. The molecule has 5 nitrogen and oxygen atoms in total. The zero-order valence-corrected chi connectivity index (χ0v) is 17.5. The lowest BCUT2D eigenvalue weighted by molar-refractivity contribution is -0.200. The molecular weight excluding hydrogens is 455 g/mol. The first kappa shape index (κ1) is 28.4. The molecule has 0 aromatic carbocycles. The van der Waals surface area contributed by atoms with Crippen molar-refractivity contribution in [3.63, 3.8) is 0 Å². The van der Waals surface area contributed by atoms with E-state index in [-0.39, 0.29) is 10.5 Å². The molecular formula is C15H26F7NO4S2. The van der Waals surface area contributed by atoms with Crippen LogP contribution in [0.15, 0.2) is 0 Å². The van der Waals surface area contributed by atoms with Gasteiger partial charge in [0.15, 0.2) is 0 Å². The highest BCUT2D eigenvalue weighted by Gasteiger charge is 2.67. The molecule has 0 aromatic rings. The van der Waals surface area contributed by atoms with Crippen molar-refractivity contribution in [2.75, 3.05) is 0 Å². The second kappa shape index (κ2) is 11.1. The molecule has 0 radical (unpaired) electrons. The molecule has 0 amide bonds. The van der Waals surface area contributed by atoms with E-state index < -0.39 is 49.6 Å². The minimum atomic E-state index is -6.73. The molecule has 0 bridgehead atoms. The number of sulfonamides is 2. The van der Waals surface area contributed by atoms with Gasteiger partial charge in [0.1, 0.15) is 0 Å². The third kappa shape index (κ3) is 8.56. The molecule has 0 fully saturated rings. The van der Waals surface area contributed by atoms with Gasteiger partial charge < -0.3 is 0 Å². The summed E-state index contributed by atoms with van der Waals surface area (Å²) in [5.41, 5.74) is -6.22. The van der Waals surface area contributed by atoms with Crippen LogP contribution >= 0.6 is 0 Å². The Bertz CT molecular complexity index is 690. The quantitative estimate of drug-likeness (QED) is 0.270. The molecule has 1 atom stereocenters. The van der Waals surface area contributed by atoms with Gasteiger partial charge in [0.05, 0.1) is 0 Å². The van der Waals surface area contributed by atoms with Crippen molar-refractivity contribution in [2.24, 2.45) is 0 Å². The maximum absolute atomic E-state index is 14.3. The number of hydrogen-bond acceptors (Lipinski definition) is 4. The molecule has 0 saturated carbocycles. The van der Waals surface area contributed by atoms with E-state index in [0.29, 0.717) is 12.8 Å². The summed E-state index contributed by atoms with van der Waals surface area (Å²) in [6.07, 6.45) is -1.44. The van der Waals surface area contributed by atoms with Crippen molar-refractivity contribution in [1.29, 1.82) is 0 Å². The van der Waals surface area contributed by atoms with Crippen LogP contribution < -0.4 is 4.13 Å². The monoisotopic (exact) mass is 481 g/mol. The fraction of sp³-hybridized carbons (Fsp3) is 1.00. The summed E-state index contributed by atoms with van der Waals surface area (Å²) in [5.74, 6) is 0. The zero-order chi connectivity index (χ0) is 23.0. The Labute approximate surface area is 166 Å². The second-order valence-corrected chi connectivity index (χ2v) is 10.5. The van der Waals surface area contributed by atoms with Gasteiger partial charge >= 0.3 is 26.7 Å². The Hall–Kier alpha value is -0.630. The fourth-order valence-corrected chi connectivity index (χ4v) is 5.31. The number of alkyl halides is 7. The van der Waals surface area contributed by atoms with Crippen LogP contribution in [0.2, 0.25) is 0 Å². The number of nitrogens with one attached hydrogen (secondary N) is 1. The molecule has 0 aromatic heterocycles. The molecule has 0 aliphatic heterocycles. The molecule has 0 saturated heterocycles. The highest BCUT2D eigenvalue weighted by Crippen LogP contribution is 2.42. The van der Waals surface area contributed by atoms with Gasteiger partial charge in [-0.3, -0.25) is 0 Å². The number of halogens is 7. The largest absolute Gasteiger partial charge is 0.512 e. The lowest BCUT2D eigenvalue weighted by atomic mass is 10.0. The lowest BCUT2D eigenvalue weighted by Gasteiger charge is -2.27. The maximum Gasteiger partial charge on any atom is 0.512 e. The van der Waals surface area contributed by atoms with E-state index >= 15 is 0 Å². The highest BCUT2D eigenvalue weighted by atomic mass is 32.3. The molecule has 0 heterocycles. The summed E-state index contributed by atoms with van der Waals surface area (Å²) in [6.45, 7) is 2.06. The average molecular weight is 481 g/mol. The third-order valence-electron chi connectivity index (χ3n) is 4.23. The first-order chi connectivity index (χ1) is 13.0. The standard InChI is InChI=1S/C15H26F7NO4S2/c1-2-3-4-5-6-7-8-9-10-11-12-13(16,14(17,18)19)28(24,25)23-29(26,27)15(20,21)22/h23H,2-12H2,1H3.